The van der Waals surface area contributed by atoms with Crippen LogP contribution in [-0.4, -0.2) is 38.8 Å². The highest BCUT2D eigenvalue weighted by atomic mass is 16.2. The Morgan fingerprint density at radius 3 is 2.90 bits per heavy atom. The van der Waals surface area contributed by atoms with E-state index in [9.17, 15) is 4.79 Å². The summed E-state index contributed by atoms with van der Waals surface area (Å²) in [6, 6.07) is 1.93. The van der Waals surface area contributed by atoms with Gasteiger partial charge in [0.05, 0.1) is 6.20 Å². The lowest BCUT2D eigenvalue weighted by Crippen LogP contribution is -2.24. The predicted octanol–water partition coefficient (Wildman–Crippen LogP) is 1.24. The van der Waals surface area contributed by atoms with Crippen molar-refractivity contribution in [3.8, 4) is 0 Å². The van der Waals surface area contributed by atoms with Gasteiger partial charge in [0.2, 0.25) is 0 Å². The number of carbonyl (C=O) groups excluding carboxylic acids is 1. The molecule has 0 atom stereocenters. The normalized spacial score (nSPS) is 10.9. The van der Waals surface area contributed by atoms with Gasteiger partial charge < -0.3 is 10.4 Å². The number of rotatable bonds is 6. The van der Waals surface area contributed by atoms with Crippen LogP contribution in [0.15, 0.2) is 12.3 Å². The van der Waals surface area contributed by atoms with E-state index >= 15 is 0 Å². The third kappa shape index (κ3) is 3.14. The zero-order valence-corrected chi connectivity index (χ0v) is 11.9. The van der Waals surface area contributed by atoms with Gasteiger partial charge in [0.15, 0.2) is 5.65 Å². The summed E-state index contributed by atoms with van der Waals surface area (Å²) in [6.07, 6.45) is 4.09. The maximum absolute atomic E-state index is 12.1. The molecule has 0 aromatic carbocycles. The number of aryl methyl sites for hydroxylation is 2. The molecule has 0 unspecified atom stereocenters. The Balaban J connectivity index is 2.07. The monoisotopic (exact) mass is 276 g/mol. The lowest BCUT2D eigenvalue weighted by Gasteiger charge is -2.04. The number of nitrogens with one attached hydrogen (secondary N) is 1. The molecule has 2 N–H and O–H groups in total. The van der Waals surface area contributed by atoms with E-state index in [0.717, 1.165) is 30.7 Å². The number of carbonyl (C=O) groups is 1. The first-order valence-electron chi connectivity index (χ1n) is 6.84. The third-order valence-corrected chi connectivity index (χ3v) is 3.14. The smallest absolute Gasteiger partial charge is 0.256 e. The Morgan fingerprint density at radius 2 is 2.15 bits per heavy atom. The lowest BCUT2D eigenvalue weighted by atomic mass is 10.2. The molecule has 2 aromatic rings. The van der Waals surface area contributed by atoms with Crippen molar-refractivity contribution in [3.05, 3.63) is 29.2 Å². The highest BCUT2D eigenvalue weighted by molar-refractivity contribution is 5.99. The van der Waals surface area contributed by atoms with Crippen LogP contribution < -0.4 is 5.32 Å². The van der Waals surface area contributed by atoms with Crippen molar-refractivity contribution in [2.24, 2.45) is 0 Å². The van der Waals surface area contributed by atoms with E-state index in [0.29, 0.717) is 17.8 Å². The van der Waals surface area contributed by atoms with Crippen molar-refractivity contribution in [1.82, 2.24) is 19.9 Å². The van der Waals surface area contributed by atoms with Crippen molar-refractivity contribution >= 4 is 11.6 Å². The number of hydrogen-bond donors (Lipinski definition) is 2. The van der Waals surface area contributed by atoms with E-state index < -0.39 is 0 Å². The molecule has 0 aliphatic carbocycles. The van der Waals surface area contributed by atoms with Crippen LogP contribution in [0.25, 0.3) is 5.65 Å². The van der Waals surface area contributed by atoms with Gasteiger partial charge in [-0.15, -0.1) is 0 Å². The topological polar surface area (TPSA) is 79.5 Å². The van der Waals surface area contributed by atoms with Crippen molar-refractivity contribution in [2.45, 2.75) is 33.1 Å². The summed E-state index contributed by atoms with van der Waals surface area (Å²) >= 11 is 0. The van der Waals surface area contributed by atoms with Gasteiger partial charge in [-0.25, -0.2) is 9.50 Å². The Bertz CT molecular complexity index is 606. The predicted molar refractivity (Wildman–Crippen MR) is 75.7 cm³/mol. The second kappa shape index (κ2) is 6.47. The number of aromatic nitrogens is 3. The van der Waals surface area contributed by atoms with E-state index in [1.54, 1.807) is 10.7 Å². The van der Waals surface area contributed by atoms with Gasteiger partial charge in [0, 0.05) is 24.5 Å². The minimum Gasteiger partial charge on any atom is -0.396 e. The van der Waals surface area contributed by atoms with E-state index in [4.69, 9.17) is 5.11 Å². The van der Waals surface area contributed by atoms with E-state index in [-0.39, 0.29) is 12.5 Å². The van der Waals surface area contributed by atoms with Crippen molar-refractivity contribution in [3.63, 3.8) is 0 Å². The number of unbranched alkanes of at least 4 members (excludes halogenated alkanes) is 2. The van der Waals surface area contributed by atoms with Gasteiger partial charge in [-0.3, -0.25) is 4.79 Å². The summed E-state index contributed by atoms with van der Waals surface area (Å²) in [7, 11) is 0. The first kappa shape index (κ1) is 14.5. The van der Waals surface area contributed by atoms with E-state index in [2.05, 4.69) is 15.4 Å². The molecule has 2 aromatic heterocycles. The first-order valence-corrected chi connectivity index (χ1v) is 6.84. The molecular formula is C14H20N4O2. The Hall–Kier alpha value is -1.95. The molecule has 0 saturated carbocycles. The molecule has 20 heavy (non-hydrogen) atoms. The van der Waals surface area contributed by atoms with Crippen LogP contribution in [0.2, 0.25) is 0 Å². The van der Waals surface area contributed by atoms with Gasteiger partial charge >= 0.3 is 0 Å². The molecule has 0 aliphatic rings. The number of hydrogen-bond acceptors (Lipinski definition) is 4. The summed E-state index contributed by atoms with van der Waals surface area (Å²) in [5.74, 6) is -0.151. The summed E-state index contributed by atoms with van der Waals surface area (Å²) in [4.78, 5) is 16.5. The summed E-state index contributed by atoms with van der Waals surface area (Å²) in [5.41, 5.74) is 2.91. The summed E-state index contributed by atoms with van der Waals surface area (Å²) in [6.45, 7) is 4.63. The number of aliphatic hydroxyl groups excluding tert-OH is 1. The maximum Gasteiger partial charge on any atom is 0.256 e. The van der Waals surface area contributed by atoms with Crippen molar-refractivity contribution in [2.75, 3.05) is 13.2 Å². The number of fused-ring (bicyclic) bond motifs is 1. The van der Waals surface area contributed by atoms with Gasteiger partial charge in [-0.05, 0) is 39.2 Å². The first-order chi connectivity index (χ1) is 9.63. The van der Waals surface area contributed by atoms with Gasteiger partial charge in [-0.1, -0.05) is 0 Å². The minimum absolute atomic E-state index is 0.151. The Labute approximate surface area is 117 Å². The third-order valence-electron chi connectivity index (χ3n) is 3.14. The van der Waals surface area contributed by atoms with Crippen molar-refractivity contribution < 1.29 is 9.90 Å². The largest absolute Gasteiger partial charge is 0.396 e. The number of amides is 1. The summed E-state index contributed by atoms with van der Waals surface area (Å²) in [5, 5.41) is 15.7. The molecular weight excluding hydrogens is 256 g/mol. The molecule has 2 heterocycles. The number of aliphatic hydroxyl groups is 1. The average Bonchev–Trinajstić information content (AvgIpc) is 2.82. The quantitative estimate of drug-likeness (QED) is 0.778. The van der Waals surface area contributed by atoms with Crippen LogP contribution in [-0.2, 0) is 0 Å². The molecule has 0 radical (unpaired) electrons. The fourth-order valence-electron chi connectivity index (χ4n) is 2.14. The average molecular weight is 276 g/mol. The maximum atomic E-state index is 12.1. The van der Waals surface area contributed by atoms with Gasteiger partial charge in [0.1, 0.15) is 5.56 Å². The zero-order chi connectivity index (χ0) is 14.5. The molecule has 6 heteroatoms. The van der Waals surface area contributed by atoms with Crippen LogP contribution in [0.1, 0.15) is 41.0 Å². The number of nitrogens with zero attached hydrogens (tertiary/aromatic N) is 3. The Morgan fingerprint density at radius 1 is 1.35 bits per heavy atom. The van der Waals surface area contributed by atoms with Crippen LogP contribution in [0, 0.1) is 13.8 Å². The molecule has 0 spiro atoms. The Kier molecular flexibility index (Phi) is 4.68. The molecule has 0 aliphatic heterocycles. The standard InChI is InChI=1S/C14H20N4O2/c1-10-8-11(2)18-13(17-10)12(9-16-18)14(20)15-6-4-3-5-7-19/h8-9,19H,3-7H2,1-2H3,(H,15,20). The zero-order valence-electron chi connectivity index (χ0n) is 11.9. The highest BCUT2D eigenvalue weighted by Crippen LogP contribution is 2.11. The van der Waals surface area contributed by atoms with Crippen LogP contribution >= 0.6 is 0 Å². The van der Waals surface area contributed by atoms with Crippen LogP contribution in [0.5, 0.6) is 0 Å². The molecule has 2 rings (SSSR count). The minimum atomic E-state index is -0.151. The molecule has 6 nitrogen and oxygen atoms in total. The van der Waals surface area contributed by atoms with Crippen LogP contribution in [0.4, 0.5) is 0 Å². The van der Waals surface area contributed by atoms with Gasteiger partial charge in [0.25, 0.3) is 5.91 Å². The van der Waals surface area contributed by atoms with Crippen LogP contribution in [0.3, 0.4) is 0 Å². The highest BCUT2D eigenvalue weighted by Gasteiger charge is 2.14. The summed E-state index contributed by atoms with van der Waals surface area (Å²) < 4.78 is 1.67. The van der Waals surface area contributed by atoms with E-state index in [1.807, 2.05) is 19.9 Å². The van der Waals surface area contributed by atoms with Crippen molar-refractivity contribution in [1.29, 1.82) is 0 Å². The molecule has 0 fully saturated rings. The fraction of sp³-hybridized carbons (Fsp3) is 0.500. The fourth-order valence-corrected chi connectivity index (χ4v) is 2.14. The molecule has 108 valence electrons. The molecule has 1 amide bonds. The molecule has 0 bridgehead atoms. The SMILES string of the molecule is Cc1cc(C)n2ncc(C(=O)NCCCCCO)c2n1. The van der Waals surface area contributed by atoms with Gasteiger partial charge in [-0.2, -0.15) is 5.10 Å². The van der Waals surface area contributed by atoms with E-state index in [1.165, 1.54) is 0 Å². The second-order valence-corrected chi connectivity index (χ2v) is 4.87. The lowest BCUT2D eigenvalue weighted by molar-refractivity contribution is 0.0954. The second-order valence-electron chi connectivity index (χ2n) is 4.87. The molecule has 0 saturated heterocycles.